The molecule has 0 aliphatic carbocycles. The van der Waals surface area contributed by atoms with E-state index >= 15 is 0 Å². The molecular weight excluding hydrogens is 525 g/mol. The molecule has 0 spiro atoms. The van der Waals surface area contributed by atoms with Gasteiger partial charge in [-0.1, -0.05) is 132 Å². The molecule has 236 valence electrons. The lowest BCUT2D eigenvalue weighted by atomic mass is 9.73. The first-order valence-electron chi connectivity index (χ1n) is 16.3. The van der Waals surface area contributed by atoms with E-state index in [1.807, 2.05) is 49.4 Å². The standard InChI is InChI=1S/C19H23F.C13H26.C9H11N/c1-5-14-10-15(6-2)12-17(11-14)16-8-7-9-18(13-16)19(3,4)20;1-6-9-13(8-3,10-7-2)11-12(4)5;1-7-3-5-9(6-4-7)8(2)10/h7-13H,5-6H2,1-4H3;4,6-11H2,1-3,5H3;3-6H,2,10H2,1H3. The Balaban J connectivity index is 0.000000347. The molecule has 0 saturated carbocycles. The first-order chi connectivity index (χ1) is 20.2. The fraction of sp³-hybridized carbons (Fsp3) is 0.463. The van der Waals surface area contributed by atoms with Gasteiger partial charge in [0.15, 0.2) is 0 Å². The number of alkyl halides is 1. The van der Waals surface area contributed by atoms with Gasteiger partial charge < -0.3 is 5.73 Å². The second-order valence-corrected chi connectivity index (χ2v) is 12.7. The lowest BCUT2D eigenvalue weighted by Crippen LogP contribution is -2.19. The Morgan fingerprint density at radius 2 is 1.30 bits per heavy atom. The van der Waals surface area contributed by atoms with Crippen LogP contribution in [0.2, 0.25) is 0 Å². The first-order valence-corrected chi connectivity index (χ1v) is 16.3. The number of rotatable bonds is 12. The van der Waals surface area contributed by atoms with Gasteiger partial charge in [-0.2, -0.15) is 0 Å². The van der Waals surface area contributed by atoms with Crippen molar-refractivity contribution in [2.45, 2.75) is 119 Å². The van der Waals surface area contributed by atoms with Gasteiger partial charge in [0.1, 0.15) is 5.67 Å². The molecular formula is C41H60FN. The highest BCUT2D eigenvalue weighted by atomic mass is 19.1. The first kappa shape index (κ1) is 37.9. The average molecular weight is 586 g/mol. The summed E-state index contributed by atoms with van der Waals surface area (Å²) in [5, 5.41) is 0. The minimum Gasteiger partial charge on any atom is -0.399 e. The third kappa shape index (κ3) is 13.4. The molecule has 0 bridgehead atoms. The zero-order valence-electron chi connectivity index (χ0n) is 28.9. The second kappa shape index (κ2) is 18.5. The van der Waals surface area contributed by atoms with Crippen LogP contribution >= 0.6 is 0 Å². The topological polar surface area (TPSA) is 26.0 Å². The Morgan fingerprint density at radius 3 is 1.70 bits per heavy atom. The molecule has 43 heavy (non-hydrogen) atoms. The Hall–Kier alpha value is -3.13. The van der Waals surface area contributed by atoms with E-state index < -0.39 is 5.67 Å². The number of nitrogens with two attached hydrogens (primary N) is 1. The van der Waals surface area contributed by atoms with E-state index in [1.165, 1.54) is 66.4 Å². The predicted molar refractivity (Wildman–Crippen MR) is 191 cm³/mol. The molecule has 0 aliphatic rings. The van der Waals surface area contributed by atoms with Crippen LogP contribution in [0.3, 0.4) is 0 Å². The molecule has 0 aliphatic heterocycles. The van der Waals surface area contributed by atoms with Crippen molar-refractivity contribution >= 4 is 5.70 Å². The summed E-state index contributed by atoms with van der Waals surface area (Å²) in [4.78, 5) is 0. The van der Waals surface area contributed by atoms with Gasteiger partial charge in [0, 0.05) is 5.70 Å². The summed E-state index contributed by atoms with van der Waals surface area (Å²) in [5.74, 6) is 0. The van der Waals surface area contributed by atoms with Crippen molar-refractivity contribution < 1.29 is 4.39 Å². The average Bonchev–Trinajstić information content (AvgIpc) is 2.97. The normalized spacial score (nSPS) is 11.1. The molecule has 0 amide bonds. The Bertz CT molecular complexity index is 1230. The Kier molecular flexibility index (Phi) is 16.3. The number of halogens is 1. The number of aryl methyl sites for hydroxylation is 3. The van der Waals surface area contributed by atoms with Crippen molar-refractivity contribution in [2.75, 3.05) is 0 Å². The molecule has 0 unspecified atom stereocenters. The molecule has 0 radical (unpaired) electrons. The molecule has 2 heteroatoms. The van der Waals surface area contributed by atoms with Crippen LogP contribution in [-0.2, 0) is 18.5 Å². The maximum atomic E-state index is 14.1. The summed E-state index contributed by atoms with van der Waals surface area (Å²) in [6, 6.07) is 22.5. The van der Waals surface area contributed by atoms with Crippen LogP contribution in [0.1, 0.15) is 122 Å². The summed E-state index contributed by atoms with van der Waals surface area (Å²) < 4.78 is 14.1. The van der Waals surface area contributed by atoms with Gasteiger partial charge in [0.2, 0.25) is 0 Å². The van der Waals surface area contributed by atoms with E-state index in [-0.39, 0.29) is 0 Å². The fourth-order valence-corrected chi connectivity index (χ4v) is 5.65. The van der Waals surface area contributed by atoms with Crippen molar-refractivity contribution in [1.29, 1.82) is 0 Å². The summed E-state index contributed by atoms with van der Waals surface area (Å²) >= 11 is 0. The van der Waals surface area contributed by atoms with Crippen LogP contribution in [-0.4, -0.2) is 0 Å². The van der Waals surface area contributed by atoms with E-state index in [0.29, 0.717) is 11.1 Å². The molecule has 1 nitrogen and oxygen atoms in total. The van der Waals surface area contributed by atoms with Crippen molar-refractivity contribution in [2.24, 2.45) is 11.1 Å². The molecule has 3 aromatic rings. The van der Waals surface area contributed by atoms with Crippen LogP contribution in [0.4, 0.5) is 4.39 Å². The molecule has 2 N–H and O–H groups in total. The van der Waals surface area contributed by atoms with Crippen LogP contribution in [0.25, 0.3) is 16.8 Å². The minimum atomic E-state index is -1.30. The van der Waals surface area contributed by atoms with Crippen molar-refractivity contribution in [3.8, 4) is 11.1 Å². The summed E-state index contributed by atoms with van der Waals surface area (Å²) in [6.07, 6.45) is 9.92. The van der Waals surface area contributed by atoms with Crippen LogP contribution in [0.5, 0.6) is 0 Å². The van der Waals surface area contributed by atoms with Crippen molar-refractivity contribution in [1.82, 2.24) is 0 Å². The molecule has 0 atom stereocenters. The SMILES string of the molecule is C=C(C)CC(CC)(CCC)CCC.C=C(N)c1ccc(C)cc1.CCc1cc(CC)cc(-c2cccc(C(C)(C)F)c2)c1. The highest BCUT2D eigenvalue weighted by molar-refractivity contribution is 5.66. The smallest absolute Gasteiger partial charge is 0.130 e. The molecule has 3 rings (SSSR count). The van der Waals surface area contributed by atoms with E-state index in [2.05, 4.69) is 79.0 Å². The molecule has 3 aromatic carbocycles. The van der Waals surface area contributed by atoms with Crippen LogP contribution < -0.4 is 5.73 Å². The fourth-order valence-electron chi connectivity index (χ4n) is 5.65. The van der Waals surface area contributed by atoms with Gasteiger partial charge in [-0.05, 0) is 105 Å². The van der Waals surface area contributed by atoms with E-state index in [9.17, 15) is 4.39 Å². The molecule has 0 heterocycles. The Morgan fingerprint density at radius 1 is 0.767 bits per heavy atom. The number of hydrogen-bond donors (Lipinski definition) is 1. The summed E-state index contributed by atoms with van der Waals surface area (Å²) in [5.41, 5.74) is 14.6. The molecule has 0 fully saturated rings. The largest absolute Gasteiger partial charge is 0.399 e. The predicted octanol–water partition coefficient (Wildman–Crippen LogP) is 12.6. The number of benzene rings is 3. The van der Waals surface area contributed by atoms with Crippen LogP contribution in [0, 0.1) is 12.3 Å². The zero-order valence-corrected chi connectivity index (χ0v) is 28.9. The van der Waals surface area contributed by atoms with E-state index in [0.717, 1.165) is 29.5 Å². The summed E-state index contributed by atoms with van der Waals surface area (Å²) in [6.45, 7) is 26.3. The van der Waals surface area contributed by atoms with Gasteiger partial charge in [-0.25, -0.2) is 4.39 Å². The van der Waals surface area contributed by atoms with E-state index in [1.54, 1.807) is 13.8 Å². The third-order valence-electron chi connectivity index (χ3n) is 8.16. The van der Waals surface area contributed by atoms with Crippen LogP contribution in [0.15, 0.2) is 85.5 Å². The number of allylic oxidation sites excluding steroid dienone is 1. The highest BCUT2D eigenvalue weighted by Crippen LogP contribution is 2.39. The lowest BCUT2D eigenvalue weighted by molar-refractivity contribution is 0.221. The molecule has 0 aromatic heterocycles. The van der Waals surface area contributed by atoms with Gasteiger partial charge >= 0.3 is 0 Å². The Labute approximate surface area is 264 Å². The zero-order chi connectivity index (χ0) is 32.6. The van der Waals surface area contributed by atoms with Crippen molar-refractivity contribution in [3.63, 3.8) is 0 Å². The second-order valence-electron chi connectivity index (χ2n) is 12.7. The number of hydrogen-bond acceptors (Lipinski definition) is 1. The monoisotopic (exact) mass is 585 g/mol. The van der Waals surface area contributed by atoms with Crippen molar-refractivity contribution in [3.05, 3.63) is 113 Å². The molecule has 0 saturated heterocycles. The highest BCUT2D eigenvalue weighted by Gasteiger charge is 2.25. The maximum Gasteiger partial charge on any atom is 0.130 e. The van der Waals surface area contributed by atoms with E-state index in [4.69, 9.17) is 5.73 Å². The summed E-state index contributed by atoms with van der Waals surface area (Å²) in [7, 11) is 0. The minimum absolute atomic E-state index is 0.565. The quantitative estimate of drug-likeness (QED) is 0.210. The van der Waals surface area contributed by atoms with Gasteiger partial charge in [-0.15, -0.1) is 6.58 Å². The third-order valence-corrected chi connectivity index (χ3v) is 8.16. The van der Waals surface area contributed by atoms with Gasteiger partial charge in [0.05, 0.1) is 0 Å². The van der Waals surface area contributed by atoms with Gasteiger partial charge in [0.25, 0.3) is 0 Å². The van der Waals surface area contributed by atoms with Gasteiger partial charge in [-0.3, -0.25) is 0 Å². The maximum absolute atomic E-state index is 14.1. The lowest BCUT2D eigenvalue weighted by Gasteiger charge is -2.32.